The minimum absolute atomic E-state index is 0.00589. The first-order valence-corrected chi connectivity index (χ1v) is 11.0. The minimum atomic E-state index is -2.97. The van der Waals surface area contributed by atoms with Crippen molar-refractivity contribution in [3.8, 4) is 17.2 Å². The number of nitriles is 1. The molecule has 4 heterocycles. The molecule has 0 radical (unpaired) electrons. The summed E-state index contributed by atoms with van der Waals surface area (Å²) in [4.78, 5) is 10.6. The van der Waals surface area contributed by atoms with Crippen LogP contribution in [0.3, 0.4) is 0 Å². The van der Waals surface area contributed by atoms with E-state index in [-0.39, 0.29) is 35.6 Å². The summed E-state index contributed by atoms with van der Waals surface area (Å²) in [5.74, 6) is -0.212. The topological polar surface area (TPSA) is 99.6 Å². The zero-order valence-electron chi connectivity index (χ0n) is 18.3. The maximum absolute atomic E-state index is 14.4. The van der Waals surface area contributed by atoms with Crippen LogP contribution in [-0.2, 0) is 4.74 Å². The number of aliphatic hydroxyl groups excluding tert-OH is 1. The highest BCUT2D eigenvalue weighted by Gasteiger charge is 2.35. The van der Waals surface area contributed by atoms with Gasteiger partial charge in [-0.3, -0.25) is 4.98 Å². The van der Waals surface area contributed by atoms with Crippen LogP contribution in [0.25, 0.3) is 27.7 Å². The van der Waals surface area contributed by atoms with Gasteiger partial charge in [-0.15, -0.1) is 0 Å². The lowest BCUT2D eigenvalue weighted by atomic mass is 9.98. The normalized spacial score (nSPS) is 14.2. The van der Waals surface area contributed by atoms with Gasteiger partial charge in [0.15, 0.2) is 5.65 Å². The van der Waals surface area contributed by atoms with Gasteiger partial charge in [-0.2, -0.15) is 14.9 Å². The summed E-state index contributed by atoms with van der Waals surface area (Å²) in [6.45, 7) is 2.51. The fourth-order valence-corrected chi connectivity index (χ4v) is 4.48. The van der Waals surface area contributed by atoms with Crippen molar-refractivity contribution >= 4 is 34.0 Å². The van der Waals surface area contributed by atoms with Crippen LogP contribution in [0, 0.1) is 24.1 Å². The number of nitrogens with zero attached hydrogens (tertiary/aromatic N) is 6. The molecule has 12 heteroatoms. The standard InChI is InChI=1S/C23H18ClF3N6O2/c1-11-19(13-2-3-29-18-7-16(24)17(25)6-14(13)18)23(32-9-12(10-32)35-5-4-34)33-22(30-11)15(8-28)20(31-33)21(26)27/h2-3,6-7,12,21,34H,4-5,9-10H2,1H3. The quantitative estimate of drug-likeness (QED) is 0.424. The Labute approximate surface area is 202 Å². The van der Waals surface area contributed by atoms with Crippen LogP contribution in [-0.4, -0.2) is 57.1 Å². The lowest BCUT2D eigenvalue weighted by Crippen LogP contribution is -2.53. The number of benzene rings is 1. The Morgan fingerprint density at radius 2 is 2.11 bits per heavy atom. The molecular weight excluding hydrogens is 485 g/mol. The highest BCUT2D eigenvalue weighted by molar-refractivity contribution is 6.31. The summed E-state index contributed by atoms with van der Waals surface area (Å²) < 4.78 is 48.7. The number of aryl methyl sites for hydroxylation is 1. The van der Waals surface area contributed by atoms with Gasteiger partial charge in [-0.05, 0) is 30.7 Å². The summed E-state index contributed by atoms with van der Waals surface area (Å²) in [6, 6.07) is 6.16. The molecule has 0 saturated carbocycles. The van der Waals surface area contributed by atoms with E-state index in [1.807, 2.05) is 4.90 Å². The zero-order chi connectivity index (χ0) is 24.9. The Morgan fingerprint density at radius 1 is 1.34 bits per heavy atom. The molecule has 4 aromatic rings. The molecule has 0 bridgehead atoms. The van der Waals surface area contributed by atoms with E-state index in [2.05, 4.69) is 15.1 Å². The molecule has 180 valence electrons. The van der Waals surface area contributed by atoms with Crippen LogP contribution in [0.1, 0.15) is 23.4 Å². The van der Waals surface area contributed by atoms with Crippen molar-refractivity contribution in [2.24, 2.45) is 0 Å². The molecule has 5 rings (SSSR count). The fourth-order valence-electron chi connectivity index (χ4n) is 4.32. The van der Waals surface area contributed by atoms with Gasteiger partial charge in [0.25, 0.3) is 6.43 Å². The van der Waals surface area contributed by atoms with Gasteiger partial charge >= 0.3 is 0 Å². The number of alkyl halides is 2. The predicted octanol–water partition coefficient (Wildman–Crippen LogP) is 4.05. The molecule has 1 aromatic carbocycles. The predicted molar refractivity (Wildman–Crippen MR) is 122 cm³/mol. The van der Waals surface area contributed by atoms with E-state index in [1.165, 1.54) is 22.8 Å². The SMILES string of the molecule is Cc1nc2c(C#N)c(C(F)F)nn2c(N2CC(OCCO)C2)c1-c1ccnc2cc(Cl)c(F)cc12. The lowest BCUT2D eigenvalue weighted by Gasteiger charge is -2.41. The van der Waals surface area contributed by atoms with Gasteiger partial charge in [0.05, 0.1) is 35.6 Å². The first-order chi connectivity index (χ1) is 16.8. The third kappa shape index (κ3) is 3.83. The molecule has 0 atom stereocenters. The average molecular weight is 503 g/mol. The van der Waals surface area contributed by atoms with Crippen molar-refractivity contribution in [1.82, 2.24) is 19.6 Å². The van der Waals surface area contributed by atoms with E-state index in [0.29, 0.717) is 46.6 Å². The van der Waals surface area contributed by atoms with Crippen LogP contribution >= 0.6 is 11.6 Å². The summed E-state index contributed by atoms with van der Waals surface area (Å²) in [6.07, 6.45) is -1.63. The van der Waals surface area contributed by atoms with Crippen LogP contribution in [0.5, 0.6) is 0 Å². The van der Waals surface area contributed by atoms with E-state index >= 15 is 0 Å². The molecule has 8 nitrogen and oxygen atoms in total. The molecule has 3 aromatic heterocycles. The first kappa shape index (κ1) is 23.3. The molecule has 0 aliphatic carbocycles. The summed E-state index contributed by atoms with van der Waals surface area (Å²) in [5, 5.41) is 23.0. The Balaban J connectivity index is 1.79. The number of hydrogen-bond acceptors (Lipinski definition) is 7. The van der Waals surface area contributed by atoms with Crippen LogP contribution < -0.4 is 4.90 Å². The van der Waals surface area contributed by atoms with Crippen molar-refractivity contribution in [3.05, 3.63) is 52.2 Å². The van der Waals surface area contributed by atoms with Gasteiger partial charge in [0, 0.05) is 30.2 Å². The molecule has 1 aliphatic heterocycles. The molecule has 1 fully saturated rings. The van der Waals surface area contributed by atoms with Crippen LogP contribution in [0.2, 0.25) is 5.02 Å². The summed E-state index contributed by atoms with van der Waals surface area (Å²) in [5.41, 5.74) is 1.00. The second kappa shape index (κ2) is 8.96. The van der Waals surface area contributed by atoms with Gasteiger partial charge in [0.2, 0.25) is 0 Å². The van der Waals surface area contributed by atoms with Crippen LogP contribution in [0.4, 0.5) is 19.0 Å². The van der Waals surface area contributed by atoms with Crippen molar-refractivity contribution in [1.29, 1.82) is 5.26 Å². The number of ether oxygens (including phenoxy) is 1. The van der Waals surface area contributed by atoms with Gasteiger partial charge in [-0.25, -0.2) is 18.2 Å². The highest BCUT2D eigenvalue weighted by atomic mass is 35.5. The van der Waals surface area contributed by atoms with Crippen molar-refractivity contribution < 1.29 is 23.0 Å². The molecular formula is C23H18ClF3N6O2. The second-order valence-corrected chi connectivity index (χ2v) is 8.47. The molecule has 0 amide bonds. The largest absolute Gasteiger partial charge is 0.394 e. The van der Waals surface area contributed by atoms with Gasteiger partial charge < -0.3 is 14.7 Å². The van der Waals surface area contributed by atoms with E-state index in [4.69, 9.17) is 21.4 Å². The number of pyridine rings is 1. The Bertz CT molecular complexity index is 1500. The molecule has 0 unspecified atom stereocenters. The molecule has 0 spiro atoms. The molecule has 1 saturated heterocycles. The second-order valence-electron chi connectivity index (χ2n) is 8.07. The van der Waals surface area contributed by atoms with E-state index in [0.717, 1.165) is 0 Å². The van der Waals surface area contributed by atoms with E-state index in [1.54, 1.807) is 19.1 Å². The minimum Gasteiger partial charge on any atom is -0.394 e. The molecule has 35 heavy (non-hydrogen) atoms. The number of anilines is 1. The number of hydrogen-bond donors (Lipinski definition) is 1. The maximum atomic E-state index is 14.4. The number of aromatic nitrogens is 4. The highest BCUT2D eigenvalue weighted by Crippen LogP contribution is 2.41. The fraction of sp³-hybridized carbons (Fsp3) is 0.304. The Morgan fingerprint density at radius 3 is 2.80 bits per heavy atom. The monoisotopic (exact) mass is 502 g/mol. The van der Waals surface area contributed by atoms with Crippen LogP contribution in [0.15, 0.2) is 24.4 Å². The first-order valence-electron chi connectivity index (χ1n) is 10.7. The van der Waals surface area contributed by atoms with Crippen molar-refractivity contribution in [2.45, 2.75) is 19.5 Å². The van der Waals surface area contributed by atoms with E-state index < -0.39 is 17.9 Å². The lowest BCUT2D eigenvalue weighted by molar-refractivity contribution is 0.0132. The van der Waals surface area contributed by atoms with Crippen molar-refractivity contribution in [3.63, 3.8) is 0 Å². The Kier molecular flexibility index (Phi) is 5.96. The van der Waals surface area contributed by atoms with Gasteiger partial charge in [-0.1, -0.05) is 11.6 Å². The van der Waals surface area contributed by atoms with Crippen molar-refractivity contribution in [2.75, 3.05) is 31.2 Å². The van der Waals surface area contributed by atoms with Gasteiger partial charge in [0.1, 0.15) is 29.0 Å². The van der Waals surface area contributed by atoms with E-state index in [9.17, 15) is 18.4 Å². The Hall–Kier alpha value is -3.46. The molecule has 1 N–H and O–H groups in total. The number of aliphatic hydroxyl groups is 1. The number of halogens is 4. The third-order valence-corrected chi connectivity index (χ3v) is 6.20. The average Bonchev–Trinajstić information content (AvgIpc) is 3.17. The number of rotatable bonds is 6. The summed E-state index contributed by atoms with van der Waals surface area (Å²) in [7, 11) is 0. The molecule has 1 aliphatic rings. The third-order valence-electron chi connectivity index (χ3n) is 5.91. The summed E-state index contributed by atoms with van der Waals surface area (Å²) >= 11 is 5.95. The maximum Gasteiger partial charge on any atom is 0.283 e. The smallest absolute Gasteiger partial charge is 0.283 e. The zero-order valence-corrected chi connectivity index (χ0v) is 19.1. The number of fused-ring (bicyclic) bond motifs is 2.